The molecule has 1 aliphatic heterocycles. The molecule has 1 aliphatic rings. The number of ether oxygens (including phenoxy) is 1. The van der Waals surface area contributed by atoms with E-state index in [0.29, 0.717) is 23.3 Å². The van der Waals surface area contributed by atoms with Crippen LogP contribution >= 0.6 is 0 Å². The number of nitrogens with zero attached hydrogens (tertiary/aromatic N) is 5. The van der Waals surface area contributed by atoms with Crippen LogP contribution in [0, 0.1) is 0 Å². The molecule has 174 valence electrons. The normalized spacial score (nSPS) is 13.4. The summed E-state index contributed by atoms with van der Waals surface area (Å²) in [7, 11) is 0. The Kier molecular flexibility index (Phi) is 6.00. The average molecular weight is 467 g/mol. The Morgan fingerprint density at radius 1 is 1.24 bits per heavy atom. The second-order valence-electron chi connectivity index (χ2n) is 7.39. The van der Waals surface area contributed by atoms with Gasteiger partial charge in [0.2, 0.25) is 0 Å². The van der Waals surface area contributed by atoms with Crippen molar-refractivity contribution in [3.05, 3.63) is 69.3 Å². The largest absolute Gasteiger partial charge is 0.416 e. The second-order valence-corrected chi connectivity index (χ2v) is 7.39. The van der Waals surface area contributed by atoms with Crippen molar-refractivity contribution in [3.63, 3.8) is 0 Å². The third kappa shape index (κ3) is 4.78. The summed E-state index contributed by atoms with van der Waals surface area (Å²) < 4.78 is 71.2. The molecule has 0 aliphatic carbocycles. The van der Waals surface area contributed by atoms with Gasteiger partial charge in [0.15, 0.2) is 5.82 Å². The van der Waals surface area contributed by atoms with Gasteiger partial charge in [-0.3, -0.25) is 14.0 Å². The van der Waals surface area contributed by atoms with Gasteiger partial charge in [0.1, 0.15) is 0 Å². The van der Waals surface area contributed by atoms with Crippen molar-refractivity contribution in [1.82, 2.24) is 19.3 Å². The minimum Gasteiger partial charge on any atom is -0.402 e. The summed E-state index contributed by atoms with van der Waals surface area (Å²) in [6.07, 6.45) is -0.753. The Morgan fingerprint density at radius 2 is 2.03 bits per heavy atom. The van der Waals surface area contributed by atoms with E-state index >= 15 is 0 Å². The van der Waals surface area contributed by atoms with Crippen LogP contribution in [0.3, 0.4) is 0 Å². The molecule has 3 aromatic rings. The minimum atomic E-state index is -4.44. The number of aliphatic imine (C=N–C) groups is 1. The van der Waals surface area contributed by atoms with Crippen molar-refractivity contribution in [1.29, 1.82) is 0 Å². The lowest BCUT2D eigenvalue weighted by Crippen LogP contribution is -2.27. The molecule has 0 spiro atoms. The Bertz CT molecular complexity index is 1260. The van der Waals surface area contributed by atoms with Crippen molar-refractivity contribution in [2.45, 2.75) is 45.6 Å². The fraction of sp³-hybridized carbons (Fsp3) is 0.333. The highest BCUT2D eigenvalue weighted by Crippen LogP contribution is 2.30. The fourth-order valence-corrected chi connectivity index (χ4v) is 3.54. The van der Waals surface area contributed by atoms with Crippen LogP contribution in [-0.4, -0.2) is 31.7 Å². The van der Waals surface area contributed by atoms with E-state index in [1.165, 1.54) is 16.9 Å². The molecule has 0 atom stereocenters. The van der Waals surface area contributed by atoms with Gasteiger partial charge in [-0.1, -0.05) is 19.1 Å². The first-order valence-corrected chi connectivity index (χ1v) is 10.0. The van der Waals surface area contributed by atoms with Crippen LogP contribution in [0.2, 0.25) is 0 Å². The fourth-order valence-electron chi connectivity index (χ4n) is 3.54. The molecule has 1 aromatic carbocycles. The van der Waals surface area contributed by atoms with Gasteiger partial charge in [0.05, 0.1) is 29.6 Å². The molecule has 0 fully saturated rings. The molecule has 33 heavy (non-hydrogen) atoms. The molecule has 0 radical (unpaired) electrons. The molecular weight excluding hydrogens is 449 g/mol. The standard InChI is InChI=1S/C21H18F5N5O2/c1-2-6-31-18(32)15-8-16(28-17(15)29-20(31)33-19(22)23)13-9-27-30(11-13)10-12-4-3-5-14(7-12)21(24,25)26/h3-5,7,9,11,19H,2,6,8,10H2,1H3. The van der Waals surface area contributed by atoms with Gasteiger partial charge in [-0.15, -0.1) is 0 Å². The maximum atomic E-state index is 12.9. The topological polar surface area (TPSA) is 74.3 Å². The molecule has 0 unspecified atom stereocenters. The third-order valence-corrected chi connectivity index (χ3v) is 5.00. The molecule has 4 rings (SSSR count). The van der Waals surface area contributed by atoms with E-state index in [1.54, 1.807) is 19.2 Å². The summed E-state index contributed by atoms with van der Waals surface area (Å²) in [6, 6.07) is 4.43. The van der Waals surface area contributed by atoms with Gasteiger partial charge < -0.3 is 4.74 Å². The van der Waals surface area contributed by atoms with Crippen LogP contribution in [0.5, 0.6) is 6.01 Å². The van der Waals surface area contributed by atoms with E-state index in [0.717, 1.165) is 16.7 Å². The van der Waals surface area contributed by atoms with Gasteiger partial charge >= 0.3 is 18.8 Å². The Labute approximate surface area is 184 Å². The van der Waals surface area contributed by atoms with Gasteiger partial charge in [-0.05, 0) is 24.1 Å². The summed E-state index contributed by atoms with van der Waals surface area (Å²) >= 11 is 0. The molecular formula is C21H18F5N5O2. The van der Waals surface area contributed by atoms with Crippen LogP contribution in [0.15, 0.2) is 46.4 Å². The molecule has 3 heterocycles. The monoisotopic (exact) mass is 467 g/mol. The lowest BCUT2D eigenvalue weighted by molar-refractivity contribution is -0.137. The van der Waals surface area contributed by atoms with Crippen molar-refractivity contribution in [2.24, 2.45) is 4.99 Å². The summed E-state index contributed by atoms with van der Waals surface area (Å²) in [5.74, 6) is 0.00336. The number of rotatable bonds is 7. The number of fused-ring (bicyclic) bond motifs is 1. The van der Waals surface area contributed by atoms with Crippen LogP contribution in [0.4, 0.5) is 27.8 Å². The summed E-state index contributed by atoms with van der Waals surface area (Å²) in [4.78, 5) is 21.1. The molecule has 0 amide bonds. The SMILES string of the molecule is CCCn1c(OC(F)F)nc2c(c1=O)CC(c1cnn(Cc3cccc(C(F)(F)F)c3)c1)=N2. The molecule has 12 heteroatoms. The molecule has 0 N–H and O–H groups in total. The first kappa shape index (κ1) is 22.6. The number of benzene rings is 1. The average Bonchev–Trinajstić information content (AvgIpc) is 3.37. The zero-order chi connectivity index (χ0) is 23.8. The maximum absolute atomic E-state index is 12.9. The zero-order valence-corrected chi connectivity index (χ0v) is 17.3. The quantitative estimate of drug-likeness (QED) is 0.489. The Balaban J connectivity index is 1.58. The van der Waals surface area contributed by atoms with E-state index in [1.807, 2.05) is 0 Å². The van der Waals surface area contributed by atoms with Crippen LogP contribution < -0.4 is 10.3 Å². The maximum Gasteiger partial charge on any atom is 0.416 e. The number of halogens is 5. The van der Waals surface area contributed by atoms with Crippen LogP contribution in [0.1, 0.15) is 35.6 Å². The molecule has 0 saturated carbocycles. The molecule has 0 bridgehead atoms. The molecule has 2 aromatic heterocycles. The van der Waals surface area contributed by atoms with Crippen LogP contribution in [0.25, 0.3) is 0 Å². The third-order valence-electron chi connectivity index (χ3n) is 5.00. The summed E-state index contributed by atoms with van der Waals surface area (Å²) in [5.41, 5.74) is 0.395. The first-order valence-electron chi connectivity index (χ1n) is 10.0. The van der Waals surface area contributed by atoms with E-state index in [-0.39, 0.29) is 30.9 Å². The highest BCUT2D eigenvalue weighted by molar-refractivity contribution is 6.05. The number of aromatic nitrogens is 4. The Hall–Kier alpha value is -3.57. The number of alkyl halides is 5. The van der Waals surface area contributed by atoms with Gasteiger partial charge in [-0.2, -0.15) is 32.0 Å². The summed E-state index contributed by atoms with van der Waals surface area (Å²) in [6.45, 7) is -1.10. The van der Waals surface area contributed by atoms with Crippen molar-refractivity contribution in [2.75, 3.05) is 0 Å². The highest BCUT2D eigenvalue weighted by atomic mass is 19.4. The predicted molar refractivity (Wildman–Crippen MR) is 108 cm³/mol. The molecule has 7 nitrogen and oxygen atoms in total. The highest BCUT2D eigenvalue weighted by Gasteiger charge is 2.30. The molecule has 0 saturated heterocycles. The van der Waals surface area contributed by atoms with Crippen LogP contribution in [-0.2, 0) is 25.7 Å². The minimum absolute atomic E-state index is 0.00336. The number of hydrogen-bond donors (Lipinski definition) is 0. The lowest BCUT2D eigenvalue weighted by atomic mass is 10.1. The van der Waals surface area contributed by atoms with Gasteiger partial charge in [0, 0.05) is 24.7 Å². The zero-order valence-electron chi connectivity index (χ0n) is 17.3. The first-order chi connectivity index (χ1) is 15.7. The second kappa shape index (κ2) is 8.75. The van der Waals surface area contributed by atoms with E-state index in [2.05, 4.69) is 19.8 Å². The lowest BCUT2D eigenvalue weighted by Gasteiger charge is -2.12. The van der Waals surface area contributed by atoms with Gasteiger partial charge in [0.25, 0.3) is 5.56 Å². The van der Waals surface area contributed by atoms with Gasteiger partial charge in [-0.25, -0.2) is 4.99 Å². The smallest absolute Gasteiger partial charge is 0.402 e. The van der Waals surface area contributed by atoms with Crippen molar-refractivity contribution < 1.29 is 26.7 Å². The van der Waals surface area contributed by atoms with Crippen molar-refractivity contribution in [3.8, 4) is 6.01 Å². The van der Waals surface area contributed by atoms with E-state index < -0.39 is 29.9 Å². The van der Waals surface area contributed by atoms with Crippen molar-refractivity contribution >= 4 is 11.5 Å². The number of hydrogen-bond acceptors (Lipinski definition) is 5. The predicted octanol–water partition coefficient (Wildman–Crippen LogP) is 4.20. The van der Waals surface area contributed by atoms with E-state index in [4.69, 9.17) is 0 Å². The Morgan fingerprint density at radius 3 is 2.73 bits per heavy atom. The van der Waals surface area contributed by atoms with E-state index in [9.17, 15) is 26.7 Å². The summed E-state index contributed by atoms with van der Waals surface area (Å²) in [5, 5.41) is 4.16.